The van der Waals surface area contributed by atoms with E-state index in [0.29, 0.717) is 5.13 Å². The largest absolute Gasteiger partial charge is 0.296 e. The maximum atomic E-state index is 13.4. The Morgan fingerprint density at radius 3 is 2.89 bits per heavy atom. The number of carbonyl (C=O) groups is 1. The summed E-state index contributed by atoms with van der Waals surface area (Å²) in [6.45, 7) is 2.10. The van der Waals surface area contributed by atoms with E-state index in [1.54, 1.807) is 12.1 Å². The van der Waals surface area contributed by atoms with Crippen LogP contribution in [0.15, 0.2) is 24.3 Å². The predicted molar refractivity (Wildman–Crippen MR) is 72.9 cm³/mol. The number of carbonyl (C=O) groups excluding carboxylic acids is 1. The van der Waals surface area contributed by atoms with Crippen LogP contribution in [0.1, 0.15) is 35.1 Å². The number of amides is 1. The molecule has 2 aromatic rings. The van der Waals surface area contributed by atoms with Gasteiger partial charge in [0.1, 0.15) is 10.8 Å². The lowest BCUT2D eigenvalue weighted by atomic mass is 10.2. The van der Waals surface area contributed by atoms with Crippen LogP contribution in [-0.2, 0) is 6.42 Å². The highest BCUT2D eigenvalue weighted by atomic mass is 32.1. The molecule has 0 radical (unpaired) electrons. The minimum absolute atomic E-state index is 0.00723. The van der Waals surface area contributed by atoms with E-state index in [4.69, 9.17) is 0 Å². The van der Waals surface area contributed by atoms with Gasteiger partial charge in [-0.15, -0.1) is 10.2 Å². The second-order valence-electron chi connectivity index (χ2n) is 4.04. The fraction of sp³-hybridized carbons (Fsp3) is 0.308. The van der Waals surface area contributed by atoms with Gasteiger partial charge in [-0.3, -0.25) is 10.1 Å². The van der Waals surface area contributed by atoms with E-state index in [9.17, 15) is 9.18 Å². The first-order valence-corrected chi connectivity index (χ1v) is 6.90. The van der Waals surface area contributed by atoms with Crippen molar-refractivity contribution in [2.45, 2.75) is 26.2 Å². The van der Waals surface area contributed by atoms with E-state index in [1.807, 2.05) is 0 Å². The molecular formula is C13H14FN3OS. The van der Waals surface area contributed by atoms with Crippen molar-refractivity contribution in [1.82, 2.24) is 10.2 Å². The monoisotopic (exact) mass is 279 g/mol. The van der Waals surface area contributed by atoms with Gasteiger partial charge in [0, 0.05) is 6.42 Å². The Morgan fingerprint density at radius 1 is 1.37 bits per heavy atom. The number of aryl methyl sites for hydroxylation is 1. The van der Waals surface area contributed by atoms with Gasteiger partial charge in [0.05, 0.1) is 5.56 Å². The van der Waals surface area contributed by atoms with Gasteiger partial charge in [-0.05, 0) is 18.6 Å². The summed E-state index contributed by atoms with van der Waals surface area (Å²) in [5.74, 6) is -1.05. The number of aromatic nitrogens is 2. The van der Waals surface area contributed by atoms with E-state index < -0.39 is 11.7 Å². The molecule has 1 N–H and O–H groups in total. The van der Waals surface area contributed by atoms with Gasteiger partial charge in [-0.1, -0.05) is 36.8 Å². The van der Waals surface area contributed by atoms with E-state index in [1.165, 1.54) is 23.5 Å². The van der Waals surface area contributed by atoms with Crippen LogP contribution < -0.4 is 5.32 Å². The maximum absolute atomic E-state index is 13.4. The normalized spacial score (nSPS) is 10.4. The third kappa shape index (κ3) is 3.57. The van der Waals surface area contributed by atoms with Gasteiger partial charge in [0.15, 0.2) is 0 Å². The molecule has 0 spiro atoms. The molecule has 2 rings (SSSR count). The summed E-state index contributed by atoms with van der Waals surface area (Å²) in [7, 11) is 0. The first kappa shape index (κ1) is 13.6. The molecule has 0 saturated heterocycles. The molecule has 0 aliphatic carbocycles. The smallest absolute Gasteiger partial charge is 0.260 e. The molecule has 1 amide bonds. The molecule has 0 atom stereocenters. The van der Waals surface area contributed by atoms with Gasteiger partial charge >= 0.3 is 0 Å². The number of halogens is 1. The third-order valence-corrected chi connectivity index (χ3v) is 3.45. The molecule has 0 aliphatic rings. The molecule has 0 bridgehead atoms. The number of anilines is 1. The van der Waals surface area contributed by atoms with Crippen molar-refractivity contribution in [1.29, 1.82) is 0 Å². The molecule has 19 heavy (non-hydrogen) atoms. The van der Waals surface area contributed by atoms with E-state index >= 15 is 0 Å². The second-order valence-corrected chi connectivity index (χ2v) is 5.10. The van der Waals surface area contributed by atoms with Crippen molar-refractivity contribution in [3.8, 4) is 0 Å². The Morgan fingerprint density at radius 2 is 2.16 bits per heavy atom. The van der Waals surface area contributed by atoms with Gasteiger partial charge < -0.3 is 0 Å². The van der Waals surface area contributed by atoms with Crippen molar-refractivity contribution >= 4 is 22.4 Å². The number of benzene rings is 1. The molecule has 1 aromatic heterocycles. The van der Waals surface area contributed by atoms with Crippen molar-refractivity contribution < 1.29 is 9.18 Å². The van der Waals surface area contributed by atoms with E-state index in [-0.39, 0.29) is 5.56 Å². The first-order valence-electron chi connectivity index (χ1n) is 6.09. The van der Waals surface area contributed by atoms with Crippen LogP contribution in [0.2, 0.25) is 0 Å². The zero-order chi connectivity index (χ0) is 13.7. The van der Waals surface area contributed by atoms with Crippen molar-refractivity contribution in [3.63, 3.8) is 0 Å². The zero-order valence-electron chi connectivity index (χ0n) is 10.5. The highest BCUT2D eigenvalue weighted by Gasteiger charge is 2.13. The standard InChI is InChI=1S/C13H14FN3OS/c1-2-3-8-11-16-17-13(19-11)15-12(18)9-6-4-5-7-10(9)14/h4-7H,2-3,8H2,1H3,(H,15,17,18). The average Bonchev–Trinajstić information content (AvgIpc) is 2.84. The fourth-order valence-corrected chi connectivity index (χ4v) is 2.32. The lowest BCUT2D eigenvalue weighted by Crippen LogP contribution is -2.13. The number of rotatable bonds is 5. The summed E-state index contributed by atoms with van der Waals surface area (Å²) >= 11 is 1.33. The van der Waals surface area contributed by atoms with E-state index in [2.05, 4.69) is 22.4 Å². The molecule has 0 unspecified atom stereocenters. The first-order chi connectivity index (χ1) is 9.20. The second kappa shape index (κ2) is 6.38. The number of nitrogens with zero attached hydrogens (tertiary/aromatic N) is 2. The van der Waals surface area contributed by atoms with Crippen LogP contribution in [0.3, 0.4) is 0 Å². The van der Waals surface area contributed by atoms with Crippen molar-refractivity contribution in [3.05, 3.63) is 40.7 Å². The maximum Gasteiger partial charge on any atom is 0.260 e. The number of unbranched alkanes of at least 4 members (excludes halogenated alkanes) is 1. The molecule has 4 nitrogen and oxygen atoms in total. The molecule has 1 aromatic carbocycles. The summed E-state index contributed by atoms with van der Waals surface area (Å²) < 4.78 is 13.4. The minimum Gasteiger partial charge on any atom is -0.296 e. The van der Waals surface area contributed by atoms with Crippen molar-refractivity contribution in [2.24, 2.45) is 0 Å². The summed E-state index contributed by atoms with van der Waals surface area (Å²) in [4.78, 5) is 11.8. The van der Waals surface area contributed by atoms with Crippen LogP contribution in [0.5, 0.6) is 0 Å². The quantitative estimate of drug-likeness (QED) is 0.913. The Labute approximate surface area is 114 Å². The minimum atomic E-state index is -0.546. The predicted octanol–water partition coefficient (Wildman–Crippen LogP) is 3.27. The van der Waals surface area contributed by atoms with Gasteiger partial charge in [0.25, 0.3) is 5.91 Å². The van der Waals surface area contributed by atoms with Crippen LogP contribution in [0.25, 0.3) is 0 Å². The Hall–Kier alpha value is -1.82. The Bertz CT molecular complexity index is 571. The lowest BCUT2D eigenvalue weighted by Gasteiger charge is -2.01. The summed E-state index contributed by atoms with van der Waals surface area (Å²) in [6, 6.07) is 5.84. The van der Waals surface area contributed by atoms with Crippen LogP contribution >= 0.6 is 11.3 Å². The van der Waals surface area contributed by atoms with Gasteiger partial charge in [0.2, 0.25) is 5.13 Å². The number of hydrogen-bond acceptors (Lipinski definition) is 4. The highest BCUT2D eigenvalue weighted by molar-refractivity contribution is 7.15. The molecule has 0 saturated carbocycles. The molecule has 1 heterocycles. The lowest BCUT2D eigenvalue weighted by molar-refractivity contribution is 0.102. The van der Waals surface area contributed by atoms with E-state index in [0.717, 1.165) is 24.3 Å². The van der Waals surface area contributed by atoms with Crippen LogP contribution in [0.4, 0.5) is 9.52 Å². The molecule has 0 fully saturated rings. The topological polar surface area (TPSA) is 54.9 Å². The molecular weight excluding hydrogens is 265 g/mol. The van der Waals surface area contributed by atoms with Crippen LogP contribution in [-0.4, -0.2) is 16.1 Å². The number of hydrogen-bond donors (Lipinski definition) is 1. The molecule has 100 valence electrons. The third-order valence-electron chi connectivity index (χ3n) is 2.55. The van der Waals surface area contributed by atoms with Gasteiger partial charge in [-0.25, -0.2) is 4.39 Å². The summed E-state index contributed by atoms with van der Waals surface area (Å²) in [5, 5.41) is 11.7. The fourth-order valence-electron chi connectivity index (χ4n) is 1.54. The Balaban J connectivity index is 2.03. The van der Waals surface area contributed by atoms with Gasteiger partial charge in [-0.2, -0.15) is 0 Å². The van der Waals surface area contributed by atoms with Crippen LogP contribution in [0, 0.1) is 5.82 Å². The van der Waals surface area contributed by atoms with Crippen molar-refractivity contribution in [2.75, 3.05) is 5.32 Å². The Kier molecular flexibility index (Phi) is 4.57. The number of nitrogens with one attached hydrogen (secondary N) is 1. The average molecular weight is 279 g/mol. The molecule has 0 aliphatic heterocycles. The SMILES string of the molecule is CCCCc1nnc(NC(=O)c2ccccc2F)s1. The highest BCUT2D eigenvalue weighted by Crippen LogP contribution is 2.18. The summed E-state index contributed by atoms with van der Waals surface area (Å²) in [5.41, 5.74) is 0.00723. The molecule has 6 heteroatoms. The summed E-state index contributed by atoms with van der Waals surface area (Å²) in [6.07, 6.45) is 2.97. The zero-order valence-corrected chi connectivity index (χ0v) is 11.3.